The summed E-state index contributed by atoms with van der Waals surface area (Å²) in [5, 5.41) is 2.96. The highest BCUT2D eigenvalue weighted by Crippen LogP contribution is 2.33. The topological polar surface area (TPSA) is 67.6 Å². The Bertz CT molecular complexity index is 674. The third-order valence-corrected chi connectivity index (χ3v) is 4.85. The summed E-state index contributed by atoms with van der Waals surface area (Å²) >= 11 is 0. The van der Waals surface area contributed by atoms with Gasteiger partial charge in [-0.05, 0) is 37.1 Å². The van der Waals surface area contributed by atoms with E-state index < -0.39 is 0 Å². The first kappa shape index (κ1) is 15.4. The molecule has 2 aromatic rings. The minimum absolute atomic E-state index is 0.0291. The molecule has 2 aliphatic heterocycles. The highest BCUT2D eigenvalue weighted by molar-refractivity contribution is 5.92. The fraction of sp³-hybridized carbons (Fsp3) is 0.444. The lowest BCUT2D eigenvalue weighted by Gasteiger charge is -2.39. The van der Waals surface area contributed by atoms with Crippen LogP contribution in [0.4, 0.5) is 5.69 Å². The largest absolute Gasteiger partial charge is 0.468 e. The number of amides is 1. The van der Waals surface area contributed by atoms with Crippen LogP contribution in [0.3, 0.4) is 0 Å². The quantitative estimate of drug-likeness (QED) is 0.933. The van der Waals surface area contributed by atoms with Crippen molar-refractivity contribution >= 4 is 11.6 Å². The molecular weight excluding hydrogens is 306 g/mol. The molecule has 0 saturated carbocycles. The van der Waals surface area contributed by atoms with Crippen LogP contribution >= 0.6 is 0 Å². The smallest absolute Gasteiger partial charge is 0.228 e. The average Bonchev–Trinajstić information content (AvgIpc) is 3.27. The van der Waals surface area contributed by atoms with Crippen LogP contribution < -0.4 is 5.32 Å². The predicted molar refractivity (Wildman–Crippen MR) is 88.2 cm³/mol. The highest BCUT2D eigenvalue weighted by atomic mass is 16.5. The van der Waals surface area contributed by atoms with Crippen molar-refractivity contribution in [1.82, 2.24) is 9.88 Å². The molecule has 0 radical (unpaired) electrons. The summed E-state index contributed by atoms with van der Waals surface area (Å²) in [6.07, 6.45) is 6.95. The molecule has 6 heteroatoms. The van der Waals surface area contributed by atoms with Gasteiger partial charge in [0.2, 0.25) is 5.91 Å². The number of rotatable bonds is 4. The Morgan fingerprint density at radius 1 is 1.38 bits per heavy atom. The molecule has 2 fully saturated rings. The number of hydrogen-bond donors (Lipinski definition) is 1. The zero-order chi connectivity index (χ0) is 16.4. The highest BCUT2D eigenvalue weighted by Gasteiger charge is 2.42. The van der Waals surface area contributed by atoms with Crippen molar-refractivity contribution < 1.29 is 13.9 Å². The summed E-state index contributed by atoms with van der Waals surface area (Å²) < 4.78 is 11.4. The summed E-state index contributed by atoms with van der Waals surface area (Å²) in [5.41, 5.74) is 0.731. The van der Waals surface area contributed by atoms with E-state index in [0.717, 1.165) is 37.4 Å². The number of anilines is 1. The molecule has 0 unspecified atom stereocenters. The minimum atomic E-state index is -0.0977. The molecule has 2 aromatic heterocycles. The molecule has 0 aromatic carbocycles. The molecule has 6 nitrogen and oxygen atoms in total. The molecule has 2 saturated heterocycles. The van der Waals surface area contributed by atoms with Gasteiger partial charge in [-0.25, -0.2) is 0 Å². The van der Waals surface area contributed by atoms with E-state index in [2.05, 4.69) is 15.2 Å². The molecule has 2 aliphatic rings. The SMILES string of the molecule is O=C(Nc1cccnc1)[C@H]1C[C@H]2OCC[C@H]2N(Cc2ccco2)C1. The second kappa shape index (κ2) is 6.75. The van der Waals surface area contributed by atoms with E-state index >= 15 is 0 Å². The van der Waals surface area contributed by atoms with E-state index in [1.807, 2.05) is 24.3 Å². The maximum Gasteiger partial charge on any atom is 0.228 e. The first-order chi connectivity index (χ1) is 11.8. The molecule has 0 aliphatic carbocycles. The Labute approximate surface area is 140 Å². The first-order valence-corrected chi connectivity index (χ1v) is 8.38. The second-order valence-corrected chi connectivity index (χ2v) is 6.44. The Morgan fingerprint density at radius 3 is 3.12 bits per heavy atom. The fourth-order valence-electron chi connectivity index (χ4n) is 3.71. The molecule has 4 heterocycles. The Hall–Kier alpha value is -2.18. The van der Waals surface area contributed by atoms with E-state index in [1.165, 1.54) is 0 Å². The monoisotopic (exact) mass is 327 g/mol. The van der Waals surface area contributed by atoms with Crippen LogP contribution in [0.25, 0.3) is 0 Å². The molecule has 4 rings (SSSR count). The molecule has 126 valence electrons. The average molecular weight is 327 g/mol. The molecule has 0 bridgehead atoms. The van der Waals surface area contributed by atoms with E-state index in [9.17, 15) is 4.79 Å². The summed E-state index contributed by atoms with van der Waals surface area (Å²) in [5.74, 6) is 0.856. The van der Waals surface area contributed by atoms with Gasteiger partial charge in [-0.3, -0.25) is 14.7 Å². The zero-order valence-corrected chi connectivity index (χ0v) is 13.4. The Kier molecular flexibility index (Phi) is 4.32. The fourth-order valence-corrected chi connectivity index (χ4v) is 3.71. The van der Waals surface area contributed by atoms with Crippen molar-refractivity contribution in [3.8, 4) is 0 Å². The number of piperidine rings is 1. The van der Waals surface area contributed by atoms with Gasteiger partial charge in [0.15, 0.2) is 0 Å². The summed E-state index contributed by atoms with van der Waals surface area (Å²) in [6.45, 7) is 2.20. The number of likely N-dealkylation sites (tertiary alicyclic amines) is 1. The van der Waals surface area contributed by atoms with E-state index in [-0.39, 0.29) is 17.9 Å². The number of carbonyl (C=O) groups is 1. The summed E-state index contributed by atoms with van der Waals surface area (Å²) in [6, 6.07) is 7.91. The van der Waals surface area contributed by atoms with Crippen LogP contribution in [-0.4, -0.2) is 41.1 Å². The van der Waals surface area contributed by atoms with Crippen molar-refractivity contribution in [2.75, 3.05) is 18.5 Å². The normalized spacial score (nSPS) is 26.9. The zero-order valence-electron chi connectivity index (χ0n) is 13.4. The number of nitrogens with zero attached hydrogens (tertiary/aromatic N) is 2. The van der Waals surface area contributed by atoms with Crippen molar-refractivity contribution in [3.05, 3.63) is 48.7 Å². The molecule has 1 N–H and O–H groups in total. The number of furan rings is 1. The van der Waals surface area contributed by atoms with E-state index in [1.54, 1.807) is 18.7 Å². The van der Waals surface area contributed by atoms with Crippen molar-refractivity contribution in [2.45, 2.75) is 31.5 Å². The summed E-state index contributed by atoms with van der Waals surface area (Å²) in [4.78, 5) is 19.0. The van der Waals surface area contributed by atoms with Gasteiger partial charge in [0.25, 0.3) is 0 Å². The number of hydrogen-bond acceptors (Lipinski definition) is 5. The number of ether oxygens (including phenoxy) is 1. The van der Waals surface area contributed by atoms with Gasteiger partial charge in [-0.2, -0.15) is 0 Å². The maximum absolute atomic E-state index is 12.7. The predicted octanol–water partition coefficient (Wildman–Crippen LogP) is 2.29. The number of aromatic nitrogens is 1. The Morgan fingerprint density at radius 2 is 2.33 bits per heavy atom. The maximum atomic E-state index is 12.7. The van der Waals surface area contributed by atoms with Gasteiger partial charge >= 0.3 is 0 Å². The molecule has 0 spiro atoms. The molecule has 1 amide bonds. The lowest BCUT2D eigenvalue weighted by molar-refractivity contribution is -0.124. The first-order valence-electron chi connectivity index (χ1n) is 8.38. The van der Waals surface area contributed by atoms with Crippen molar-refractivity contribution in [2.24, 2.45) is 5.92 Å². The Balaban J connectivity index is 1.46. The van der Waals surface area contributed by atoms with Gasteiger partial charge < -0.3 is 14.5 Å². The lowest BCUT2D eigenvalue weighted by atomic mass is 9.89. The van der Waals surface area contributed by atoms with Crippen molar-refractivity contribution in [1.29, 1.82) is 0 Å². The van der Waals surface area contributed by atoms with Gasteiger partial charge in [0.1, 0.15) is 5.76 Å². The molecular formula is C18H21N3O3. The van der Waals surface area contributed by atoms with E-state index in [4.69, 9.17) is 9.15 Å². The van der Waals surface area contributed by atoms with Crippen LogP contribution in [0, 0.1) is 5.92 Å². The minimum Gasteiger partial charge on any atom is -0.468 e. The van der Waals surface area contributed by atoms with Gasteiger partial charge in [0, 0.05) is 25.4 Å². The lowest BCUT2D eigenvalue weighted by Crippen LogP contribution is -2.51. The van der Waals surface area contributed by atoms with Crippen LogP contribution in [0.15, 0.2) is 47.3 Å². The third kappa shape index (κ3) is 3.20. The van der Waals surface area contributed by atoms with Crippen LogP contribution in [0.1, 0.15) is 18.6 Å². The van der Waals surface area contributed by atoms with Crippen LogP contribution in [0.5, 0.6) is 0 Å². The number of carbonyl (C=O) groups excluding carboxylic acids is 1. The standard InChI is InChI=1S/C18H21N3O3/c22-18(20-14-3-1-6-19-10-14)13-9-17-16(5-8-24-17)21(11-13)12-15-4-2-7-23-15/h1-4,6-7,10,13,16-17H,5,8-9,11-12H2,(H,20,22)/t13-,16+,17+/m0/s1. The molecule has 24 heavy (non-hydrogen) atoms. The van der Waals surface area contributed by atoms with Gasteiger partial charge in [0.05, 0.1) is 36.7 Å². The van der Waals surface area contributed by atoms with Crippen LogP contribution in [0.2, 0.25) is 0 Å². The van der Waals surface area contributed by atoms with Gasteiger partial charge in [-0.15, -0.1) is 0 Å². The molecule has 3 atom stereocenters. The van der Waals surface area contributed by atoms with E-state index in [0.29, 0.717) is 12.6 Å². The number of pyridine rings is 1. The second-order valence-electron chi connectivity index (χ2n) is 6.44. The number of nitrogens with one attached hydrogen (secondary N) is 1. The van der Waals surface area contributed by atoms with Gasteiger partial charge in [-0.1, -0.05) is 0 Å². The van der Waals surface area contributed by atoms with Crippen molar-refractivity contribution in [3.63, 3.8) is 0 Å². The van der Waals surface area contributed by atoms with Crippen LogP contribution in [-0.2, 0) is 16.1 Å². The summed E-state index contributed by atoms with van der Waals surface area (Å²) in [7, 11) is 0. The third-order valence-electron chi connectivity index (χ3n) is 4.85. The number of fused-ring (bicyclic) bond motifs is 1.